The number of carbonyl (C=O) groups is 1. The van der Waals surface area contributed by atoms with Gasteiger partial charge in [0, 0.05) is 17.2 Å². The summed E-state index contributed by atoms with van der Waals surface area (Å²) >= 11 is 0. The van der Waals surface area contributed by atoms with E-state index in [4.69, 9.17) is 4.78 Å². The second-order valence-electron chi connectivity index (χ2n) is 9.30. The molecule has 3 aliphatic rings. The van der Waals surface area contributed by atoms with Crippen molar-refractivity contribution in [1.29, 1.82) is 4.78 Å². The molecule has 3 aliphatic carbocycles. The number of carbonyl (C=O) groups excluding carboxylic acids is 1. The molecule has 142 valence electrons. The third kappa shape index (κ3) is 2.67. The van der Waals surface area contributed by atoms with Crippen LogP contribution in [-0.4, -0.2) is 14.7 Å². The van der Waals surface area contributed by atoms with Crippen LogP contribution in [0.2, 0.25) is 0 Å². The van der Waals surface area contributed by atoms with Gasteiger partial charge in [0.1, 0.15) is 5.78 Å². The zero-order valence-electron chi connectivity index (χ0n) is 16.0. The van der Waals surface area contributed by atoms with Gasteiger partial charge in [-0.3, -0.25) is 4.79 Å². The summed E-state index contributed by atoms with van der Waals surface area (Å²) in [5.41, 5.74) is 0.125. The zero-order chi connectivity index (χ0) is 18.6. The van der Waals surface area contributed by atoms with E-state index in [1.807, 2.05) is 30.3 Å². The standard InChI is InChI=1S/C22H31NO2S/c1-16(18-10-11-19-20(24)9-6-12-21(18,19)2)15-22(13-14-22)26(23,25)17-7-4-3-5-8-17/h3-5,7-8,16,18-19,23H,6,9-15H2,1-2H3/t16-,18-,19+,21-,26?/m1/s1. The van der Waals surface area contributed by atoms with Gasteiger partial charge in [-0.15, -0.1) is 0 Å². The summed E-state index contributed by atoms with van der Waals surface area (Å²) in [6.07, 6.45) is 7.77. The number of fused-ring (bicyclic) bond motifs is 1. The minimum atomic E-state index is -2.78. The Morgan fingerprint density at radius 2 is 1.88 bits per heavy atom. The van der Waals surface area contributed by atoms with Gasteiger partial charge in [0.2, 0.25) is 0 Å². The lowest BCUT2D eigenvalue weighted by atomic mass is 9.62. The summed E-state index contributed by atoms with van der Waals surface area (Å²) in [5, 5.41) is 0. The Kier molecular flexibility index (Phi) is 4.33. The smallest absolute Gasteiger partial charge is 0.136 e. The Balaban J connectivity index is 1.55. The van der Waals surface area contributed by atoms with E-state index in [0.29, 0.717) is 22.5 Å². The summed E-state index contributed by atoms with van der Waals surface area (Å²) in [4.78, 5) is 13.1. The van der Waals surface area contributed by atoms with Gasteiger partial charge in [-0.25, -0.2) is 8.99 Å². The Labute approximate surface area is 157 Å². The lowest BCUT2D eigenvalue weighted by Gasteiger charge is -2.43. The minimum Gasteiger partial charge on any atom is -0.299 e. The number of nitrogens with one attached hydrogen (secondary N) is 1. The molecule has 0 aliphatic heterocycles. The van der Waals surface area contributed by atoms with Crippen molar-refractivity contribution < 1.29 is 9.00 Å². The molecule has 0 aromatic heterocycles. The fourth-order valence-corrected chi connectivity index (χ4v) is 8.46. The topological polar surface area (TPSA) is 58.0 Å². The maximum absolute atomic E-state index is 13.4. The van der Waals surface area contributed by atoms with Gasteiger partial charge in [0.25, 0.3) is 0 Å². The lowest BCUT2D eigenvalue weighted by molar-refractivity contribution is -0.130. The molecule has 1 aromatic rings. The van der Waals surface area contributed by atoms with Crippen LogP contribution >= 0.6 is 0 Å². The Morgan fingerprint density at radius 3 is 2.54 bits per heavy atom. The molecule has 1 unspecified atom stereocenters. The van der Waals surface area contributed by atoms with E-state index in [0.717, 1.165) is 51.4 Å². The van der Waals surface area contributed by atoms with Gasteiger partial charge in [0.15, 0.2) is 0 Å². The summed E-state index contributed by atoms with van der Waals surface area (Å²) in [7, 11) is -2.78. The Hall–Kier alpha value is -1.16. The monoisotopic (exact) mass is 373 g/mol. The number of benzene rings is 1. The van der Waals surface area contributed by atoms with Crippen LogP contribution in [0.15, 0.2) is 35.2 Å². The molecular weight excluding hydrogens is 342 g/mol. The first-order valence-electron chi connectivity index (χ1n) is 10.2. The number of ketones is 1. The predicted molar refractivity (Wildman–Crippen MR) is 104 cm³/mol. The van der Waals surface area contributed by atoms with Gasteiger partial charge in [0.05, 0.1) is 14.5 Å². The molecule has 3 saturated carbocycles. The second kappa shape index (κ2) is 6.19. The summed E-state index contributed by atoms with van der Waals surface area (Å²) in [6.45, 7) is 4.62. The average molecular weight is 374 g/mol. The predicted octanol–water partition coefficient (Wildman–Crippen LogP) is 5.44. The van der Waals surface area contributed by atoms with Crippen molar-refractivity contribution in [3.63, 3.8) is 0 Å². The molecule has 4 heteroatoms. The minimum absolute atomic E-state index is 0.125. The highest BCUT2D eigenvalue weighted by Crippen LogP contribution is 2.60. The molecule has 0 bridgehead atoms. The highest BCUT2D eigenvalue weighted by molar-refractivity contribution is 7.94. The van der Waals surface area contributed by atoms with Gasteiger partial charge in [-0.1, -0.05) is 32.0 Å². The lowest BCUT2D eigenvalue weighted by Crippen LogP contribution is -2.40. The van der Waals surface area contributed by atoms with Crippen molar-refractivity contribution in [1.82, 2.24) is 0 Å². The summed E-state index contributed by atoms with van der Waals surface area (Å²) in [6, 6.07) is 9.40. The first kappa shape index (κ1) is 18.2. The maximum atomic E-state index is 13.4. The third-order valence-corrected chi connectivity index (χ3v) is 10.5. The van der Waals surface area contributed by atoms with Crippen LogP contribution in [0.4, 0.5) is 0 Å². The second-order valence-corrected chi connectivity index (χ2v) is 11.7. The highest BCUT2D eigenvalue weighted by atomic mass is 32.2. The van der Waals surface area contributed by atoms with Gasteiger partial charge in [-0.05, 0) is 74.3 Å². The molecule has 0 radical (unpaired) electrons. The van der Waals surface area contributed by atoms with Crippen LogP contribution in [0.3, 0.4) is 0 Å². The number of rotatable bonds is 5. The average Bonchev–Trinajstić information content (AvgIpc) is 3.31. The van der Waals surface area contributed by atoms with Gasteiger partial charge < -0.3 is 0 Å². The first-order valence-corrected chi connectivity index (χ1v) is 11.7. The van der Waals surface area contributed by atoms with Crippen molar-refractivity contribution >= 4 is 15.5 Å². The highest BCUT2D eigenvalue weighted by Gasteiger charge is 2.57. The van der Waals surface area contributed by atoms with E-state index in [1.165, 1.54) is 0 Å². The van der Waals surface area contributed by atoms with E-state index in [9.17, 15) is 9.00 Å². The van der Waals surface area contributed by atoms with Crippen LogP contribution in [0, 0.1) is 27.9 Å². The molecule has 26 heavy (non-hydrogen) atoms. The SMILES string of the molecule is C[C@H](CC1(S(=N)(=O)c2ccccc2)CC1)[C@H]1CC[C@H]2C(=O)CCC[C@]12C. The van der Waals surface area contributed by atoms with E-state index >= 15 is 0 Å². The first-order chi connectivity index (χ1) is 12.3. The van der Waals surface area contributed by atoms with Crippen LogP contribution in [-0.2, 0) is 14.5 Å². The van der Waals surface area contributed by atoms with Crippen molar-refractivity contribution in [2.24, 2.45) is 23.2 Å². The summed E-state index contributed by atoms with van der Waals surface area (Å²) < 4.78 is 21.8. The van der Waals surface area contributed by atoms with E-state index in [-0.39, 0.29) is 16.1 Å². The van der Waals surface area contributed by atoms with Crippen LogP contribution in [0.1, 0.15) is 65.2 Å². The molecule has 4 rings (SSSR count). The fraction of sp³-hybridized carbons (Fsp3) is 0.682. The van der Waals surface area contributed by atoms with Crippen LogP contribution in [0.5, 0.6) is 0 Å². The van der Waals surface area contributed by atoms with Gasteiger partial charge >= 0.3 is 0 Å². The quantitative estimate of drug-likeness (QED) is 0.747. The Morgan fingerprint density at radius 1 is 1.19 bits per heavy atom. The fourth-order valence-electron chi connectivity index (χ4n) is 6.24. The van der Waals surface area contributed by atoms with Crippen molar-refractivity contribution in [3.8, 4) is 0 Å². The Bertz CT molecular complexity index is 797. The molecular formula is C22H31NO2S. The molecule has 0 saturated heterocycles. The zero-order valence-corrected chi connectivity index (χ0v) is 16.8. The molecule has 1 N–H and O–H groups in total. The number of Topliss-reactive ketones (excluding diaryl/α,β-unsaturated/α-hetero) is 1. The molecule has 0 spiro atoms. The largest absolute Gasteiger partial charge is 0.299 e. The van der Waals surface area contributed by atoms with Crippen molar-refractivity contribution in [3.05, 3.63) is 30.3 Å². The molecule has 1 aromatic carbocycles. The molecule has 3 fully saturated rings. The summed E-state index contributed by atoms with van der Waals surface area (Å²) in [5.74, 6) is 1.67. The van der Waals surface area contributed by atoms with Gasteiger partial charge in [-0.2, -0.15) is 0 Å². The molecule has 0 amide bonds. The van der Waals surface area contributed by atoms with Crippen LogP contribution < -0.4 is 0 Å². The van der Waals surface area contributed by atoms with Crippen molar-refractivity contribution in [2.75, 3.05) is 0 Å². The molecule has 5 atom stereocenters. The van der Waals surface area contributed by atoms with E-state index in [1.54, 1.807) is 0 Å². The number of hydrogen-bond acceptors (Lipinski definition) is 3. The van der Waals surface area contributed by atoms with E-state index in [2.05, 4.69) is 13.8 Å². The van der Waals surface area contributed by atoms with Crippen LogP contribution in [0.25, 0.3) is 0 Å². The van der Waals surface area contributed by atoms with Crippen molar-refractivity contribution in [2.45, 2.75) is 74.9 Å². The normalized spacial score (nSPS) is 36.2. The molecule has 3 nitrogen and oxygen atoms in total. The number of hydrogen-bond donors (Lipinski definition) is 1. The maximum Gasteiger partial charge on any atom is 0.136 e. The van der Waals surface area contributed by atoms with E-state index < -0.39 is 9.73 Å². The third-order valence-electron chi connectivity index (χ3n) is 7.81. The molecule has 0 heterocycles.